The van der Waals surface area contributed by atoms with E-state index in [0.29, 0.717) is 29.9 Å². The number of carbonyl (C=O) groups excluding carboxylic acids is 2. The number of aliphatic hydroxyl groups is 1. The Labute approximate surface area is 180 Å². The summed E-state index contributed by atoms with van der Waals surface area (Å²) in [7, 11) is 1.46. The molecule has 2 aromatic carbocycles. The number of benzene rings is 2. The molecule has 1 fully saturated rings. The highest BCUT2D eigenvalue weighted by molar-refractivity contribution is 6.46. The Bertz CT molecular complexity index is 984. The summed E-state index contributed by atoms with van der Waals surface area (Å²) in [5, 5.41) is 11.1. The zero-order valence-electron chi connectivity index (χ0n) is 17.8. The fraction of sp³-hybridized carbons (Fsp3) is 0.333. The van der Waals surface area contributed by atoms with Crippen molar-refractivity contribution in [2.24, 2.45) is 0 Å². The van der Waals surface area contributed by atoms with Gasteiger partial charge in [0.2, 0.25) is 0 Å². The zero-order valence-corrected chi connectivity index (χ0v) is 17.8. The topological polar surface area (TPSA) is 76.1 Å². The minimum Gasteiger partial charge on any atom is -0.507 e. The van der Waals surface area contributed by atoms with Crippen LogP contribution >= 0.6 is 0 Å². The highest BCUT2D eigenvalue weighted by Gasteiger charge is 2.46. The number of Topliss-reactive ketones (excluding diaryl/α,β-unsaturated/α-hetero) is 1. The van der Waals surface area contributed by atoms with Crippen molar-refractivity contribution in [3.05, 3.63) is 71.0 Å². The number of amides is 1. The Kier molecular flexibility index (Phi) is 7.07. The average Bonchev–Trinajstić information content (AvgIpc) is 3.01. The molecule has 0 saturated carbocycles. The molecule has 0 aromatic heterocycles. The predicted molar refractivity (Wildman–Crippen MR) is 114 cm³/mol. The molecule has 1 N–H and O–H groups in total. The minimum absolute atomic E-state index is 0.0499. The third-order valence-electron chi connectivity index (χ3n) is 5.08. The van der Waals surface area contributed by atoms with Crippen LogP contribution in [0.3, 0.4) is 0 Å². The Morgan fingerprint density at radius 1 is 1.13 bits per heavy atom. The van der Waals surface area contributed by atoms with Gasteiger partial charge in [0.25, 0.3) is 11.7 Å². The van der Waals surface area contributed by atoms with Crippen LogP contribution in [0.5, 0.6) is 5.75 Å². The molecule has 6 nitrogen and oxygen atoms in total. The van der Waals surface area contributed by atoms with E-state index in [-0.39, 0.29) is 24.0 Å². The lowest BCUT2D eigenvalue weighted by Crippen LogP contribution is -2.31. The number of methoxy groups -OCH3 is 1. The maximum Gasteiger partial charge on any atom is 0.295 e. The summed E-state index contributed by atoms with van der Waals surface area (Å²) in [5.74, 6) is -1.89. The van der Waals surface area contributed by atoms with Crippen molar-refractivity contribution >= 4 is 17.4 Å². The number of ketones is 1. The van der Waals surface area contributed by atoms with Crippen LogP contribution in [0.2, 0.25) is 0 Å². The van der Waals surface area contributed by atoms with Gasteiger partial charge in [-0.25, -0.2) is 4.39 Å². The third-order valence-corrected chi connectivity index (χ3v) is 5.08. The number of aliphatic hydroxyl groups excluding tert-OH is 1. The van der Waals surface area contributed by atoms with Crippen molar-refractivity contribution in [3.8, 4) is 5.75 Å². The molecule has 3 rings (SSSR count). The van der Waals surface area contributed by atoms with Crippen LogP contribution < -0.4 is 4.74 Å². The van der Waals surface area contributed by atoms with Crippen LogP contribution in [-0.2, 0) is 14.3 Å². The number of likely N-dealkylation sites (tertiary alicyclic amines) is 1. The first-order chi connectivity index (χ1) is 14.8. The monoisotopic (exact) mass is 427 g/mol. The lowest BCUT2D eigenvalue weighted by Gasteiger charge is -2.25. The molecule has 2 aromatic rings. The first-order valence-corrected chi connectivity index (χ1v) is 10.1. The lowest BCUT2D eigenvalue weighted by atomic mass is 9.95. The molecule has 1 aliphatic heterocycles. The summed E-state index contributed by atoms with van der Waals surface area (Å²) in [6, 6.07) is 11.4. The fourth-order valence-corrected chi connectivity index (χ4v) is 3.64. The van der Waals surface area contributed by atoms with Crippen molar-refractivity contribution in [1.82, 2.24) is 4.90 Å². The van der Waals surface area contributed by atoms with Crippen LogP contribution in [0.25, 0.3) is 5.76 Å². The summed E-state index contributed by atoms with van der Waals surface area (Å²) in [6.07, 6.45) is 0.561. The Balaban J connectivity index is 2.06. The van der Waals surface area contributed by atoms with Gasteiger partial charge in [0.1, 0.15) is 17.3 Å². The molecule has 1 unspecified atom stereocenters. The van der Waals surface area contributed by atoms with E-state index in [1.807, 2.05) is 13.8 Å². The molecule has 0 spiro atoms. The SMILES string of the molecule is COc1ccccc1/C(O)=C1/C(=O)C(=O)N(CCCOC(C)C)C1c1ccc(F)cc1. The smallest absolute Gasteiger partial charge is 0.295 e. The number of carbonyl (C=O) groups is 2. The summed E-state index contributed by atoms with van der Waals surface area (Å²) in [4.78, 5) is 27.2. The van der Waals surface area contributed by atoms with E-state index in [0.717, 1.165) is 0 Å². The molecule has 164 valence electrons. The largest absolute Gasteiger partial charge is 0.507 e. The number of nitrogens with zero attached hydrogens (tertiary/aromatic N) is 1. The van der Waals surface area contributed by atoms with Gasteiger partial charge in [0.05, 0.1) is 30.4 Å². The number of hydrogen-bond donors (Lipinski definition) is 1. The molecule has 1 atom stereocenters. The van der Waals surface area contributed by atoms with Crippen molar-refractivity contribution in [2.75, 3.05) is 20.3 Å². The number of hydrogen-bond acceptors (Lipinski definition) is 5. The summed E-state index contributed by atoms with van der Waals surface area (Å²) < 4.78 is 24.4. The molecule has 1 saturated heterocycles. The van der Waals surface area contributed by atoms with E-state index in [2.05, 4.69) is 0 Å². The highest BCUT2D eigenvalue weighted by atomic mass is 19.1. The zero-order chi connectivity index (χ0) is 22.5. The lowest BCUT2D eigenvalue weighted by molar-refractivity contribution is -0.140. The Morgan fingerprint density at radius 3 is 2.45 bits per heavy atom. The molecule has 0 bridgehead atoms. The number of rotatable bonds is 8. The van der Waals surface area contributed by atoms with Gasteiger partial charge in [-0.2, -0.15) is 0 Å². The van der Waals surface area contributed by atoms with Gasteiger partial charge in [-0.3, -0.25) is 9.59 Å². The van der Waals surface area contributed by atoms with E-state index >= 15 is 0 Å². The maximum absolute atomic E-state index is 13.5. The molecule has 1 aliphatic rings. The number of halogens is 1. The van der Waals surface area contributed by atoms with Crippen molar-refractivity contribution in [1.29, 1.82) is 0 Å². The van der Waals surface area contributed by atoms with E-state index in [1.54, 1.807) is 24.3 Å². The molecule has 7 heteroatoms. The van der Waals surface area contributed by atoms with Crippen LogP contribution in [0.1, 0.15) is 37.4 Å². The van der Waals surface area contributed by atoms with Crippen LogP contribution in [0.4, 0.5) is 4.39 Å². The minimum atomic E-state index is -0.843. The summed E-state index contributed by atoms with van der Waals surface area (Å²) in [6.45, 7) is 4.50. The quantitative estimate of drug-likeness (QED) is 0.297. The van der Waals surface area contributed by atoms with Crippen molar-refractivity contribution < 1.29 is 28.6 Å². The molecule has 0 radical (unpaired) electrons. The molecule has 31 heavy (non-hydrogen) atoms. The first kappa shape index (κ1) is 22.5. The second-order valence-corrected chi connectivity index (χ2v) is 7.52. The van der Waals surface area contributed by atoms with Crippen LogP contribution in [-0.4, -0.2) is 48.1 Å². The van der Waals surface area contributed by atoms with Crippen LogP contribution in [0.15, 0.2) is 54.1 Å². The predicted octanol–water partition coefficient (Wildman–Crippen LogP) is 4.07. The fourth-order valence-electron chi connectivity index (χ4n) is 3.64. The molecular formula is C24H26FNO5. The van der Waals surface area contributed by atoms with Gasteiger partial charge < -0.3 is 19.5 Å². The molecule has 1 heterocycles. The summed E-state index contributed by atoms with van der Waals surface area (Å²) >= 11 is 0. The van der Waals surface area contributed by atoms with E-state index in [4.69, 9.17) is 9.47 Å². The highest BCUT2D eigenvalue weighted by Crippen LogP contribution is 2.40. The van der Waals surface area contributed by atoms with Gasteiger partial charge in [0.15, 0.2) is 0 Å². The Morgan fingerprint density at radius 2 is 1.81 bits per heavy atom. The second kappa shape index (κ2) is 9.75. The number of para-hydroxylation sites is 1. The van der Waals surface area contributed by atoms with Gasteiger partial charge in [-0.1, -0.05) is 24.3 Å². The van der Waals surface area contributed by atoms with Gasteiger partial charge >= 0.3 is 0 Å². The van der Waals surface area contributed by atoms with E-state index in [9.17, 15) is 19.1 Å². The second-order valence-electron chi connectivity index (χ2n) is 7.52. The Hall–Kier alpha value is -3.19. The average molecular weight is 427 g/mol. The van der Waals surface area contributed by atoms with Crippen molar-refractivity contribution in [3.63, 3.8) is 0 Å². The third kappa shape index (κ3) is 4.77. The summed E-state index contributed by atoms with van der Waals surface area (Å²) in [5.41, 5.74) is 0.783. The van der Waals surface area contributed by atoms with Gasteiger partial charge in [-0.15, -0.1) is 0 Å². The standard InChI is InChI=1S/C24H26FNO5/c1-15(2)31-14-6-13-26-21(16-9-11-17(25)12-10-16)20(23(28)24(26)29)22(27)18-7-4-5-8-19(18)30-3/h4-5,7-12,15,21,27H,6,13-14H2,1-3H3/b22-20-. The van der Waals surface area contributed by atoms with Gasteiger partial charge in [-0.05, 0) is 50.1 Å². The molecular weight excluding hydrogens is 401 g/mol. The first-order valence-electron chi connectivity index (χ1n) is 10.1. The van der Waals surface area contributed by atoms with E-state index < -0.39 is 23.5 Å². The molecule has 0 aliphatic carbocycles. The van der Waals surface area contributed by atoms with E-state index in [1.165, 1.54) is 36.3 Å². The molecule has 1 amide bonds. The van der Waals surface area contributed by atoms with Gasteiger partial charge in [0, 0.05) is 13.2 Å². The van der Waals surface area contributed by atoms with Crippen molar-refractivity contribution in [2.45, 2.75) is 32.4 Å². The van der Waals surface area contributed by atoms with Crippen LogP contribution in [0, 0.1) is 5.82 Å². The normalized spacial score (nSPS) is 18.1. The number of ether oxygens (including phenoxy) is 2. The maximum atomic E-state index is 13.5.